The van der Waals surface area contributed by atoms with Crippen LogP contribution < -0.4 is 0 Å². The van der Waals surface area contributed by atoms with Gasteiger partial charge in [0.2, 0.25) is 5.91 Å². The first-order chi connectivity index (χ1) is 7.65. The van der Waals surface area contributed by atoms with Gasteiger partial charge in [0.1, 0.15) is 5.78 Å². The van der Waals surface area contributed by atoms with Crippen LogP contribution in [-0.4, -0.2) is 41.2 Å². The summed E-state index contributed by atoms with van der Waals surface area (Å²) in [4.78, 5) is 25.0. The zero-order chi connectivity index (χ0) is 12.0. The molecule has 0 radical (unpaired) electrons. The predicted molar refractivity (Wildman–Crippen MR) is 67.6 cm³/mol. The lowest BCUT2D eigenvalue weighted by atomic mass is 9.97. The second kappa shape index (κ2) is 6.94. The van der Waals surface area contributed by atoms with Gasteiger partial charge in [-0.1, -0.05) is 0 Å². The van der Waals surface area contributed by atoms with Gasteiger partial charge in [0.15, 0.2) is 0 Å². The van der Waals surface area contributed by atoms with E-state index >= 15 is 0 Å². The van der Waals surface area contributed by atoms with Crippen LogP contribution in [0.2, 0.25) is 0 Å². The average Bonchev–Trinajstić information content (AvgIpc) is 2.26. The highest BCUT2D eigenvalue weighted by Crippen LogP contribution is 2.21. The van der Waals surface area contributed by atoms with Gasteiger partial charge in [-0.05, 0) is 32.4 Å². The molecule has 1 aliphatic heterocycles. The van der Waals surface area contributed by atoms with E-state index in [9.17, 15) is 9.59 Å². The van der Waals surface area contributed by atoms with Crippen molar-refractivity contribution in [3.63, 3.8) is 0 Å². The molecular weight excluding hydrogens is 222 g/mol. The van der Waals surface area contributed by atoms with E-state index in [2.05, 4.69) is 0 Å². The zero-order valence-electron chi connectivity index (χ0n) is 10.2. The van der Waals surface area contributed by atoms with E-state index in [1.165, 1.54) is 0 Å². The van der Waals surface area contributed by atoms with Crippen molar-refractivity contribution in [2.45, 2.75) is 45.1 Å². The molecule has 0 spiro atoms. The molecular formula is C12H21NO2S. The average molecular weight is 243 g/mol. The summed E-state index contributed by atoms with van der Waals surface area (Å²) < 4.78 is 0. The highest BCUT2D eigenvalue weighted by atomic mass is 32.2. The monoisotopic (exact) mass is 243 g/mol. The van der Waals surface area contributed by atoms with E-state index in [0.717, 1.165) is 31.6 Å². The Kier molecular flexibility index (Phi) is 5.88. The molecule has 0 aliphatic carbocycles. The van der Waals surface area contributed by atoms with E-state index in [-0.39, 0.29) is 17.7 Å². The number of Topliss-reactive ketones (excluding diaryl/α,β-unsaturated/α-hetero) is 1. The van der Waals surface area contributed by atoms with E-state index < -0.39 is 0 Å². The number of ketones is 1. The highest BCUT2D eigenvalue weighted by molar-refractivity contribution is 7.98. The van der Waals surface area contributed by atoms with Gasteiger partial charge in [-0.3, -0.25) is 9.59 Å². The molecule has 0 saturated carbocycles. The van der Waals surface area contributed by atoms with Crippen molar-refractivity contribution in [3.8, 4) is 0 Å². The summed E-state index contributed by atoms with van der Waals surface area (Å²) in [6.45, 7) is 2.45. The van der Waals surface area contributed by atoms with Crippen LogP contribution in [0, 0.1) is 0 Å². The quantitative estimate of drug-likeness (QED) is 0.742. The predicted octanol–water partition coefficient (Wildman–Crippen LogP) is 2.10. The lowest BCUT2D eigenvalue weighted by Crippen LogP contribution is -2.44. The van der Waals surface area contributed by atoms with Crippen LogP contribution in [0.4, 0.5) is 0 Å². The minimum atomic E-state index is 0.167. The van der Waals surface area contributed by atoms with E-state index in [1.54, 1.807) is 18.7 Å². The molecule has 92 valence electrons. The molecule has 1 aliphatic rings. The van der Waals surface area contributed by atoms with Crippen molar-refractivity contribution in [2.24, 2.45) is 0 Å². The van der Waals surface area contributed by atoms with E-state index in [1.807, 2.05) is 11.2 Å². The van der Waals surface area contributed by atoms with Crippen LogP contribution >= 0.6 is 11.8 Å². The maximum absolute atomic E-state index is 12.0. The molecule has 1 fully saturated rings. The fourth-order valence-corrected chi connectivity index (χ4v) is 2.58. The highest BCUT2D eigenvalue weighted by Gasteiger charge is 2.26. The van der Waals surface area contributed by atoms with Gasteiger partial charge in [-0.25, -0.2) is 0 Å². The van der Waals surface area contributed by atoms with Crippen LogP contribution in [0.3, 0.4) is 0 Å². The Morgan fingerprint density at radius 2 is 2.12 bits per heavy atom. The fourth-order valence-electron chi connectivity index (χ4n) is 2.21. The first kappa shape index (κ1) is 13.6. The Bertz CT molecular complexity index is 255. The standard InChI is InChI=1S/C12H21NO2S/c1-10(14)9-11-5-3-4-7-13(11)12(15)6-8-16-2/h11H,3-9H2,1-2H3. The number of nitrogens with zero attached hydrogens (tertiary/aromatic N) is 1. The van der Waals surface area contributed by atoms with Crippen molar-refractivity contribution in [3.05, 3.63) is 0 Å². The third-order valence-corrected chi connectivity index (χ3v) is 3.60. The molecule has 1 amide bonds. The number of hydrogen-bond donors (Lipinski definition) is 0. The Hall–Kier alpha value is -0.510. The lowest BCUT2D eigenvalue weighted by molar-refractivity contribution is -0.135. The number of carbonyl (C=O) groups is 2. The third-order valence-electron chi connectivity index (χ3n) is 2.99. The van der Waals surface area contributed by atoms with Gasteiger partial charge in [0.05, 0.1) is 0 Å². The molecule has 1 heterocycles. The Balaban J connectivity index is 2.51. The molecule has 1 saturated heterocycles. The molecule has 1 atom stereocenters. The molecule has 3 nitrogen and oxygen atoms in total. The van der Waals surface area contributed by atoms with Crippen LogP contribution in [0.1, 0.15) is 39.0 Å². The van der Waals surface area contributed by atoms with Gasteiger partial charge in [-0.2, -0.15) is 11.8 Å². The number of rotatable bonds is 5. The summed E-state index contributed by atoms with van der Waals surface area (Å²) in [5.74, 6) is 1.29. The van der Waals surface area contributed by atoms with Gasteiger partial charge in [0, 0.05) is 31.2 Å². The van der Waals surface area contributed by atoms with Gasteiger partial charge < -0.3 is 4.90 Å². The molecule has 16 heavy (non-hydrogen) atoms. The SMILES string of the molecule is CSCCC(=O)N1CCCCC1CC(C)=O. The topological polar surface area (TPSA) is 37.4 Å². The number of thioether (sulfide) groups is 1. The van der Waals surface area contributed by atoms with Crippen LogP contribution in [-0.2, 0) is 9.59 Å². The second-order valence-electron chi connectivity index (χ2n) is 4.39. The molecule has 0 aromatic rings. The smallest absolute Gasteiger partial charge is 0.223 e. The fraction of sp³-hybridized carbons (Fsp3) is 0.833. The van der Waals surface area contributed by atoms with Crippen molar-refractivity contribution in [2.75, 3.05) is 18.6 Å². The van der Waals surface area contributed by atoms with E-state index in [4.69, 9.17) is 0 Å². The minimum Gasteiger partial charge on any atom is -0.339 e. The van der Waals surface area contributed by atoms with Crippen molar-refractivity contribution in [1.82, 2.24) is 4.90 Å². The first-order valence-corrected chi connectivity index (χ1v) is 7.32. The first-order valence-electron chi connectivity index (χ1n) is 5.93. The molecule has 0 N–H and O–H groups in total. The number of carbonyl (C=O) groups excluding carboxylic acids is 2. The van der Waals surface area contributed by atoms with Gasteiger partial charge in [0.25, 0.3) is 0 Å². The number of piperidine rings is 1. The summed E-state index contributed by atoms with van der Waals surface area (Å²) in [6, 6.07) is 0.167. The maximum Gasteiger partial charge on any atom is 0.223 e. The van der Waals surface area contributed by atoms with Crippen LogP contribution in [0.15, 0.2) is 0 Å². The molecule has 1 rings (SSSR count). The lowest BCUT2D eigenvalue weighted by Gasteiger charge is -2.35. The summed E-state index contributed by atoms with van der Waals surface area (Å²) in [5.41, 5.74) is 0. The molecule has 0 aromatic heterocycles. The van der Waals surface area contributed by atoms with Gasteiger partial charge >= 0.3 is 0 Å². The molecule has 0 bridgehead atoms. The molecule has 0 aromatic carbocycles. The normalized spacial score (nSPS) is 20.9. The maximum atomic E-state index is 12.0. The minimum absolute atomic E-state index is 0.167. The van der Waals surface area contributed by atoms with Crippen molar-refractivity contribution in [1.29, 1.82) is 0 Å². The second-order valence-corrected chi connectivity index (χ2v) is 5.37. The summed E-state index contributed by atoms with van der Waals surface area (Å²) >= 11 is 1.69. The van der Waals surface area contributed by atoms with E-state index in [0.29, 0.717) is 12.8 Å². The Labute approximate surface area is 102 Å². The van der Waals surface area contributed by atoms with Crippen molar-refractivity contribution >= 4 is 23.5 Å². The van der Waals surface area contributed by atoms with Gasteiger partial charge in [-0.15, -0.1) is 0 Å². The molecule has 4 heteroatoms. The Morgan fingerprint density at radius 1 is 1.38 bits per heavy atom. The zero-order valence-corrected chi connectivity index (χ0v) is 11.0. The number of hydrogen-bond acceptors (Lipinski definition) is 3. The summed E-state index contributed by atoms with van der Waals surface area (Å²) in [7, 11) is 0. The largest absolute Gasteiger partial charge is 0.339 e. The number of likely N-dealkylation sites (tertiary alicyclic amines) is 1. The molecule has 1 unspecified atom stereocenters. The Morgan fingerprint density at radius 3 is 2.75 bits per heavy atom. The number of amides is 1. The van der Waals surface area contributed by atoms with Crippen LogP contribution in [0.5, 0.6) is 0 Å². The summed E-state index contributed by atoms with van der Waals surface area (Å²) in [5, 5.41) is 0. The third kappa shape index (κ3) is 4.16. The van der Waals surface area contributed by atoms with Crippen molar-refractivity contribution < 1.29 is 9.59 Å². The van der Waals surface area contributed by atoms with Crippen LogP contribution in [0.25, 0.3) is 0 Å². The summed E-state index contributed by atoms with van der Waals surface area (Å²) in [6.07, 6.45) is 6.37.